The van der Waals surface area contributed by atoms with Crippen LogP contribution < -0.4 is 5.32 Å². The zero-order valence-electron chi connectivity index (χ0n) is 12.8. The van der Waals surface area contributed by atoms with Crippen molar-refractivity contribution in [1.29, 1.82) is 0 Å². The van der Waals surface area contributed by atoms with Gasteiger partial charge >= 0.3 is 0 Å². The molecule has 22 heavy (non-hydrogen) atoms. The molecule has 0 saturated heterocycles. The van der Waals surface area contributed by atoms with E-state index in [2.05, 4.69) is 33.9 Å². The molecule has 1 amide bonds. The van der Waals surface area contributed by atoms with Gasteiger partial charge in [-0.15, -0.1) is 21.5 Å². The number of thiophene rings is 1. The molecule has 0 bridgehead atoms. The Morgan fingerprint density at radius 1 is 1.55 bits per heavy atom. The number of nitrogens with one attached hydrogen (secondary N) is 1. The van der Waals surface area contributed by atoms with Gasteiger partial charge in [0.2, 0.25) is 5.91 Å². The average Bonchev–Trinajstić information content (AvgIpc) is 3.07. The van der Waals surface area contributed by atoms with Gasteiger partial charge in [-0.1, -0.05) is 17.8 Å². The van der Waals surface area contributed by atoms with Crippen molar-refractivity contribution in [3.63, 3.8) is 0 Å². The molecule has 1 aliphatic rings. The zero-order chi connectivity index (χ0) is 15.5. The standard InChI is InChI=1S/C15H20N4OS2/c1-3-19-14(12-5-4-8-21-12)17-18-15(19)22-9-13(20)16-10(2)11-6-7-11/h4-5,8,10-11H,3,6-7,9H2,1-2H3,(H,16,20)/t10-/m1/s1. The van der Waals surface area contributed by atoms with Crippen LogP contribution in [0.5, 0.6) is 0 Å². The number of aromatic nitrogens is 3. The van der Waals surface area contributed by atoms with Crippen molar-refractivity contribution in [2.75, 3.05) is 5.75 Å². The van der Waals surface area contributed by atoms with E-state index in [-0.39, 0.29) is 5.91 Å². The summed E-state index contributed by atoms with van der Waals surface area (Å²) in [5.41, 5.74) is 0. The van der Waals surface area contributed by atoms with Crippen LogP contribution in [0.25, 0.3) is 10.7 Å². The molecule has 1 saturated carbocycles. The number of hydrogen-bond acceptors (Lipinski definition) is 5. The molecule has 1 atom stereocenters. The van der Waals surface area contributed by atoms with Gasteiger partial charge in [-0.25, -0.2) is 0 Å². The Kier molecular flexibility index (Phi) is 4.83. The fourth-order valence-corrected chi connectivity index (χ4v) is 3.94. The number of amides is 1. The highest BCUT2D eigenvalue weighted by Crippen LogP contribution is 2.32. The Morgan fingerprint density at radius 3 is 3.00 bits per heavy atom. The van der Waals surface area contributed by atoms with Crippen molar-refractivity contribution in [2.45, 2.75) is 44.4 Å². The van der Waals surface area contributed by atoms with Crippen molar-refractivity contribution in [3.8, 4) is 10.7 Å². The van der Waals surface area contributed by atoms with Gasteiger partial charge in [0.1, 0.15) is 0 Å². The van der Waals surface area contributed by atoms with Gasteiger partial charge in [0, 0.05) is 12.6 Å². The fourth-order valence-electron chi connectivity index (χ4n) is 2.41. The summed E-state index contributed by atoms with van der Waals surface area (Å²) in [6.45, 7) is 4.95. The van der Waals surface area contributed by atoms with E-state index < -0.39 is 0 Å². The van der Waals surface area contributed by atoms with Gasteiger partial charge in [-0.2, -0.15) is 0 Å². The summed E-state index contributed by atoms with van der Waals surface area (Å²) in [5, 5.41) is 14.4. The number of carbonyl (C=O) groups is 1. The molecular formula is C15H20N4OS2. The lowest BCUT2D eigenvalue weighted by atomic mass is 10.2. The van der Waals surface area contributed by atoms with Crippen LogP contribution in [-0.2, 0) is 11.3 Å². The van der Waals surface area contributed by atoms with Crippen LogP contribution in [-0.4, -0.2) is 32.5 Å². The molecule has 7 heteroatoms. The first-order valence-electron chi connectivity index (χ1n) is 7.58. The first kappa shape index (κ1) is 15.6. The van der Waals surface area contributed by atoms with Crippen molar-refractivity contribution in [1.82, 2.24) is 20.1 Å². The van der Waals surface area contributed by atoms with Crippen molar-refractivity contribution >= 4 is 29.0 Å². The molecule has 118 valence electrons. The van der Waals surface area contributed by atoms with Gasteiger partial charge < -0.3 is 9.88 Å². The Morgan fingerprint density at radius 2 is 2.36 bits per heavy atom. The second-order valence-electron chi connectivity index (χ2n) is 5.51. The van der Waals surface area contributed by atoms with Gasteiger partial charge in [0.25, 0.3) is 0 Å². The van der Waals surface area contributed by atoms with Gasteiger partial charge in [-0.3, -0.25) is 4.79 Å². The first-order chi connectivity index (χ1) is 10.7. The van der Waals surface area contributed by atoms with Crippen molar-refractivity contribution in [3.05, 3.63) is 17.5 Å². The minimum Gasteiger partial charge on any atom is -0.353 e. The average molecular weight is 336 g/mol. The van der Waals surface area contributed by atoms with E-state index in [9.17, 15) is 4.79 Å². The lowest BCUT2D eigenvalue weighted by molar-refractivity contribution is -0.119. The minimum absolute atomic E-state index is 0.0766. The summed E-state index contributed by atoms with van der Waals surface area (Å²) >= 11 is 3.10. The molecule has 1 aliphatic carbocycles. The molecule has 3 rings (SSSR count). The van der Waals surface area contributed by atoms with Crippen LogP contribution in [0, 0.1) is 5.92 Å². The lowest BCUT2D eigenvalue weighted by Gasteiger charge is -2.12. The normalized spacial score (nSPS) is 15.7. The largest absolute Gasteiger partial charge is 0.353 e. The molecule has 2 heterocycles. The van der Waals surface area contributed by atoms with Crippen LogP contribution in [0.15, 0.2) is 22.7 Å². The van der Waals surface area contributed by atoms with E-state index in [1.165, 1.54) is 24.6 Å². The van der Waals surface area contributed by atoms with E-state index in [1.807, 2.05) is 17.5 Å². The summed E-state index contributed by atoms with van der Waals surface area (Å²) in [6, 6.07) is 4.34. The molecular weight excluding hydrogens is 316 g/mol. The summed E-state index contributed by atoms with van der Waals surface area (Å²) in [4.78, 5) is 13.1. The SMILES string of the molecule is CCn1c(SCC(=O)N[C@H](C)C2CC2)nnc1-c1cccs1. The molecule has 1 fully saturated rings. The third-order valence-corrected chi connectivity index (χ3v) is 5.66. The number of hydrogen-bond donors (Lipinski definition) is 1. The van der Waals surface area contributed by atoms with Crippen LogP contribution in [0.3, 0.4) is 0 Å². The summed E-state index contributed by atoms with van der Waals surface area (Å²) in [7, 11) is 0. The Labute approximate surface area is 138 Å². The molecule has 5 nitrogen and oxygen atoms in total. The van der Waals surface area contributed by atoms with Gasteiger partial charge in [0.15, 0.2) is 11.0 Å². The smallest absolute Gasteiger partial charge is 0.230 e. The van der Waals surface area contributed by atoms with E-state index >= 15 is 0 Å². The highest BCUT2D eigenvalue weighted by Gasteiger charge is 2.28. The highest BCUT2D eigenvalue weighted by atomic mass is 32.2. The predicted molar refractivity (Wildman–Crippen MR) is 90.1 cm³/mol. The maximum absolute atomic E-state index is 12.0. The van der Waals surface area contributed by atoms with Crippen LogP contribution in [0.4, 0.5) is 0 Å². The third kappa shape index (κ3) is 3.52. The molecule has 0 aliphatic heterocycles. The van der Waals surface area contributed by atoms with E-state index in [1.54, 1.807) is 11.3 Å². The van der Waals surface area contributed by atoms with Crippen molar-refractivity contribution < 1.29 is 4.79 Å². The van der Waals surface area contributed by atoms with Crippen LogP contribution >= 0.6 is 23.1 Å². The summed E-state index contributed by atoms with van der Waals surface area (Å²) in [5.74, 6) is 2.03. The van der Waals surface area contributed by atoms with E-state index in [0.29, 0.717) is 17.7 Å². The Bertz CT molecular complexity index is 634. The first-order valence-corrected chi connectivity index (χ1v) is 9.44. The van der Waals surface area contributed by atoms with Gasteiger partial charge in [-0.05, 0) is 44.1 Å². The molecule has 1 N–H and O–H groups in total. The fraction of sp³-hybridized carbons (Fsp3) is 0.533. The topological polar surface area (TPSA) is 59.8 Å². The number of thioether (sulfide) groups is 1. The second kappa shape index (κ2) is 6.83. The monoisotopic (exact) mass is 336 g/mol. The predicted octanol–water partition coefficient (Wildman–Crippen LogP) is 3.03. The minimum atomic E-state index is 0.0766. The molecule has 0 aromatic carbocycles. The quantitative estimate of drug-likeness (QED) is 0.790. The van der Waals surface area contributed by atoms with Gasteiger partial charge in [0.05, 0.1) is 10.6 Å². The molecule has 0 radical (unpaired) electrons. The van der Waals surface area contributed by atoms with E-state index in [0.717, 1.165) is 22.4 Å². The second-order valence-corrected chi connectivity index (χ2v) is 7.40. The maximum Gasteiger partial charge on any atom is 0.230 e. The Hall–Kier alpha value is -1.34. The number of rotatable bonds is 7. The van der Waals surface area contributed by atoms with E-state index in [4.69, 9.17) is 0 Å². The van der Waals surface area contributed by atoms with Crippen LogP contribution in [0.2, 0.25) is 0 Å². The highest BCUT2D eigenvalue weighted by molar-refractivity contribution is 7.99. The van der Waals surface area contributed by atoms with Crippen LogP contribution in [0.1, 0.15) is 26.7 Å². The van der Waals surface area contributed by atoms with Crippen molar-refractivity contribution in [2.24, 2.45) is 5.92 Å². The third-order valence-electron chi connectivity index (χ3n) is 3.82. The summed E-state index contributed by atoms with van der Waals surface area (Å²) < 4.78 is 2.06. The molecule has 2 aromatic heterocycles. The lowest BCUT2D eigenvalue weighted by Crippen LogP contribution is -2.35. The number of nitrogens with zero attached hydrogens (tertiary/aromatic N) is 3. The number of carbonyl (C=O) groups excluding carboxylic acids is 1. The summed E-state index contributed by atoms with van der Waals surface area (Å²) in [6.07, 6.45) is 2.48. The molecule has 0 spiro atoms. The zero-order valence-corrected chi connectivity index (χ0v) is 14.4. The maximum atomic E-state index is 12.0. The molecule has 0 unspecified atom stereocenters. The Balaban J connectivity index is 1.61. The molecule has 2 aromatic rings.